The second-order valence-electron chi connectivity index (χ2n) is 10.0. The Balaban J connectivity index is 1.23. The molecule has 2 saturated carbocycles. The summed E-state index contributed by atoms with van der Waals surface area (Å²) in [4.78, 5) is 33.3. The van der Waals surface area contributed by atoms with Gasteiger partial charge in [-0.05, 0) is 30.5 Å². The van der Waals surface area contributed by atoms with Crippen LogP contribution in [-0.4, -0.2) is 69.3 Å². The number of furan rings is 1. The topological polar surface area (TPSA) is 142 Å². The number of carbonyl (C=O) groups is 2. The molecule has 3 aliphatic rings. The summed E-state index contributed by atoms with van der Waals surface area (Å²) in [5.74, 6) is -2.07. The number of oxime groups is 1. The lowest BCUT2D eigenvalue weighted by atomic mass is 9.60. The van der Waals surface area contributed by atoms with Gasteiger partial charge in [0.05, 0.1) is 49.2 Å². The molecule has 0 bridgehead atoms. The van der Waals surface area contributed by atoms with Gasteiger partial charge in [0, 0.05) is 18.3 Å². The van der Waals surface area contributed by atoms with Crippen LogP contribution in [0.2, 0.25) is 0 Å². The predicted octanol–water partition coefficient (Wildman–Crippen LogP) is 1.48. The molecule has 1 aromatic carbocycles. The van der Waals surface area contributed by atoms with Crippen molar-refractivity contribution in [1.29, 1.82) is 0 Å². The molecule has 7 atom stereocenters. The number of carbonyl (C=O) groups excluding carboxylic acids is 2. The van der Waals surface area contributed by atoms with Gasteiger partial charge >= 0.3 is 0 Å². The van der Waals surface area contributed by atoms with Crippen LogP contribution in [0.15, 0.2) is 58.3 Å². The van der Waals surface area contributed by atoms with E-state index in [4.69, 9.17) is 14.0 Å². The number of hydrogen-bond acceptors (Lipinski definition) is 9. The number of benzene rings is 1. The van der Waals surface area contributed by atoms with Crippen LogP contribution in [-0.2, 0) is 32.3 Å². The van der Waals surface area contributed by atoms with Gasteiger partial charge in [0.25, 0.3) is 0 Å². The molecule has 5 rings (SSSR count). The van der Waals surface area contributed by atoms with Gasteiger partial charge in [-0.1, -0.05) is 35.5 Å². The lowest BCUT2D eigenvalue weighted by Crippen LogP contribution is -2.54. The first kappa shape index (κ1) is 25.6. The van der Waals surface area contributed by atoms with E-state index in [1.165, 1.54) is 4.90 Å². The van der Waals surface area contributed by atoms with Gasteiger partial charge in [0.2, 0.25) is 11.8 Å². The molecule has 37 heavy (non-hydrogen) atoms. The molecule has 0 unspecified atom stereocenters. The number of likely N-dealkylation sites (tertiary alicyclic amines) is 1. The maximum absolute atomic E-state index is 13.4. The fourth-order valence-corrected chi connectivity index (χ4v) is 5.91. The number of imide groups is 1. The zero-order valence-corrected chi connectivity index (χ0v) is 20.4. The van der Waals surface area contributed by atoms with Crippen LogP contribution in [0, 0.1) is 23.7 Å². The molecule has 2 amide bonds. The van der Waals surface area contributed by atoms with E-state index < -0.39 is 36.1 Å². The molecular weight excluding hydrogens is 480 g/mol. The van der Waals surface area contributed by atoms with Crippen LogP contribution in [0.4, 0.5) is 0 Å². The van der Waals surface area contributed by atoms with Gasteiger partial charge in [0.15, 0.2) is 0 Å². The molecule has 10 heteroatoms. The zero-order chi connectivity index (χ0) is 25.9. The molecule has 2 aromatic rings. The lowest BCUT2D eigenvalue weighted by molar-refractivity contribution is -0.142. The highest BCUT2D eigenvalue weighted by atomic mass is 16.6. The van der Waals surface area contributed by atoms with Crippen molar-refractivity contribution >= 4 is 17.5 Å². The van der Waals surface area contributed by atoms with Crippen molar-refractivity contribution in [3.05, 3.63) is 60.1 Å². The SMILES string of the molecule is O=C1[C@H]2[C@H]3[C@H](O)[C@H](O)C/C(=N\OC[C@@H](O)COCc4ccco4)[C@H]3CC[C@H]2C(=O)N1Cc1ccccc1. The molecule has 0 spiro atoms. The molecule has 1 saturated heterocycles. The van der Waals surface area contributed by atoms with Crippen molar-refractivity contribution < 1.29 is 38.9 Å². The van der Waals surface area contributed by atoms with Crippen LogP contribution in [0.25, 0.3) is 0 Å². The van der Waals surface area contributed by atoms with E-state index in [0.717, 1.165) is 5.56 Å². The van der Waals surface area contributed by atoms with Crippen molar-refractivity contribution in [2.45, 2.75) is 50.7 Å². The Morgan fingerprint density at radius 1 is 1.03 bits per heavy atom. The van der Waals surface area contributed by atoms with Crippen molar-refractivity contribution in [2.75, 3.05) is 13.2 Å². The maximum atomic E-state index is 13.4. The summed E-state index contributed by atoms with van der Waals surface area (Å²) in [6, 6.07) is 12.8. The second kappa shape index (κ2) is 11.1. The van der Waals surface area contributed by atoms with Crippen LogP contribution >= 0.6 is 0 Å². The molecule has 2 heterocycles. The predicted molar refractivity (Wildman–Crippen MR) is 130 cm³/mol. The number of ether oxygens (including phenoxy) is 1. The number of nitrogens with zero attached hydrogens (tertiary/aromatic N) is 2. The third kappa shape index (κ3) is 5.33. The first-order chi connectivity index (χ1) is 17.9. The second-order valence-corrected chi connectivity index (χ2v) is 10.0. The number of hydrogen-bond donors (Lipinski definition) is 3. The summed E-state index contributed by atoms with van der Waals surface area (Å²) < 4.78 is 10.6. The molecule has 0 radical (unpaired) electrons. The summed E-state index contributed by atoms with van der Waals surface area (Å²) in [5, 5.41) is 35.9. The van der Waals surface area contributed by atoms with Gasteiger partial charge < -0.3 is 29.3 Å². The summed E-state index contributed by atoms with van der Waals surface area (Å²) in [6.45, 7) is 0.317. The monoisotopic (exact) mass is 512 g/mol. The molecule has 198 valence electrons. The van der Waals surface area contributed by atoms with E-state index in [1.807, 2.05) is 30.3 Å². The van der Waals surface area contributed by atoms with Crippen molar-refractivity contribution in [2.24, 2.45) is 28.8 Å². The molecule has 1 aliphatic heterocycles. The standard InChI is InChI=1S/C27H32N2O8/c30-17(13-35-15-18-7-4-10-36-18)14-37-28-21-11-22(31)25(32)23-19(21)8-9-20-24(23)27(34)29(26(20)33)12-16-5-2-1-3-6-16/h1-7,10,17,19-20,22-25,30-32H,8-9,11-15H2/b28-21+/t17-,19+,20+,22+,23-,24+,25+/m0/s1. The van der Waals surface area contributed by atoms with Crippen LogP contribution < -0.4 is 0 Å². The van der Waals surface area contributed by atoms with E-state index in [0.29, 0.717) is 24.3 Å². The summed E-state index contributed by atoms with van der Waals surface area (Å²) in [6.07, 6.45) is -0.523. The molecule has 3 N–H and O–H groups in total. The number of rotatable bonds is 9. The average Bonchev–Trinajstić information content (AvgIpc) is 3.50. The van der Waals surface area contributed by atoms with Crippen LogP contribution in [0.3, 0.4) is 0 Å². The number of amides is 2. The Hall–Kier alpha value is -3.05. The summed E-state index contributed by atoms with van der Waals surface area (Å²) in [5.41, 5.74) is 1.39. The van der Waals surface area contributed by atoms with Gasteiger partial charge in [-0.3, -0.25) is 14.5 Å². The highest BCUT2D eigenvalue weighted by Gasteiger charge is 2.59. The van der Waals surface area contributed by atoms with Crippen molar-refractivity contribution in [3.8, 4) is 0 Å². The quantitative estimate of drug-likeness (QED) is 0.339. The Bertz CT molecular complexity index is 1100. The van der Waals surface area contributed by atoms with Crippen LogP contribution in [0.5, 0.6) is 0 Å². The fourth-order valence-electron chi connectivity index (χ4n) is 5.91. The van der Waals surface area contributed by atoms with E-state index in [9.17, 15) is 24.9 Å². The molecule has 2 aliphatic carbocycles. The smallest absolute Gasteiger partial charge is 0.233 e. The Morgan fingerprint density at radius 3 is 2.57 bits per heavy atom. The Labute approximate surface area is 214 Å². The lowest BCUT2D eigenvalue weighted by Gasteiger charge is -2.45. The third-order valence-corrected chi connectivity index (χ3v) is 7.64. The van der Waals surface area contributed by atoms with Crippen molar-refractivity contribution in [3.63, 3.8) is 0 Å². The Kier molecular flexibility index (Phi) is 7.71. The van der Waals surface area contributed by atoms with Gasteiger partial charge in [-0.15, -0.1) is 0 Å². The highest BCUT2D eigenvalue weighted by molar-refractivity contribution is 6.06. The Morgan fingerprint density at radius 2 is 1.81 bits per heavy atom. The third-order valence-electron chi connectivity index (χ3n) is 7.64. The average molecular weight is 513 g/mol. The fraction of sp³-hybridized carbons (Fsp3) is 0.519. The molecule has 1 aromatic heterocycles. The van der Waals surface area contributed by atoms with E-state index >= 15 is 0 Å². The van der Waals surface area contributed by atoms with Gasteiger partial charge in [0.1, 0.15) is 25.1 Å². The first-order valence-electron chi connectivity index (χ1n) is 12.7. The summed E-state index contributed by atoms with van der Waals surface area (Å²) in [7, 11) is 0. The highest BCUT2D eigenvalue weighted by Crippen LogP contribution is 2.49. The number of fused-ring (bicyclic) bond motifs is 3. The number of aliphatic hydroxyl groups is 3. The van der Waals surface area contributed by atoms with E-state index in [2.05, 4.69) is 5.16 Å². The largest absolute Gasteiger partial charge is 0.467 e. The maximum Gasteiger partial charge on any atom is 0.233 e. The number of aliphatic hydroxyl groups excluding tert-OH is 3. The van der Waals surface area contributed by atoms with Crippen molar-refractivity contribution in [1.82, 2.24) is 4.90 Å². The van der Waals surface area contributed by atoms with E-state index in [-0.39, 0.29) is 50.5 Å². The van der Waals surface area contributed by atoms with E-state index in [1.54, 1.807) is 18.4 Å². The minimum Gasteiger partial charge on any atom is -0.467 e. The molecule has 10 nitrogen and oxygen atoms in total. The normalized spacial score (nSPS) is 31.3. The molecule has 3 fully saturated rings. The minimum absolute atomic E-state index is 0.0244. The van der Waals surface area contributed by atoms with Gasteiger partial charge in [-0.2, -0.15) is 0 Å². The van der Waals surface area contributed by atoms with Gasteiger partial charge in [-0.25, -0.2) is 0 Å². The summed E-state index contributed by atoms with van der Waals surface area (Å²) >= 11 is 0. The molecular formula is C27H32N2O8. The first-order valence-corrected chi connectivity index (χ1v) is 12.7. The zero-order valence-electron chi connectivity index (χ0n) is 20.4. The minimum atomic E-state index is -1.15. The van der Waals surface area contributed by atoms with Crippen LogP contribution in [0.1, 0.15) is 30.6 Å².